The summed E-state index contributed by atoms with van der Waals surface area (Å²) in [4.78, 5) is 12.1. The standard InChI is InChI=1S/C16H16ClNO3/c1-20-15-8-7-12(17)11-14(15)16(19)18-9-10-21-13-5-3-2-4-6-13/h2-8,11H,9-10H2,1H3,(H,18,19). The van der Waals surface area contributed by atoms with Crippen LogP contribution in [-0.2, 0) is 0 Å². The van der Waals surface area contributed by atoms with Crippen LogP contribution in [0.5, 0.6) is 11.5 Å². The molecule has 110 valence electrons. The van der Waals surface area contributed by atoms with Gasteiger partial charge >= 0.3 is 0 Å². The highest BCUT2D eigenvalue weighted by Gasteiger charge is 2.12. The van der Waals surface area contributed by atoms with Gasteiger partial charge in [-0.25, -0.2) is 0 Å². The fraction of sp³-hybridized carbons (Fsp3) is 0.188. The van der Waals surface area contributed by atoms with Gasteiger partial charge in [0, 0.05) is 5.02 Å². The van der Waals surface area contributed by atoms with Crippen LogP contribution < -0.4 is 14.8 Å². The molecular weight excluding hydrogens is 290 g/mol. The van der Waals surface area contributed by atoms with Crippen LogP contribution in [0.15, 0.2) is 48.5 Å². The number of benzene rings is 2. The molecule has 0 radical (unpaired) electrons. The van der Waals surface area contributed by atoms with E-state index in [1.165, 1.54) is 7.11 Å². The lowest BCUT2D eigenvalue weighted by atomic mass is 10.2. The number of ether oxygens (including phenoxy) is 2. The van der Waals surface area contributed by atoms with Gasteiger partial charge in [0.1, 0.15) is 18.1 Å². The zero-order chi connectivity index (χ0) is 15.1. The Hall–Kier alpha value is -2.20. The molecule has 0 atom stereocenters. The molecule has 0 aliphatic rings. The first-order chi connectivity index (χ1) is 10.2. The number of carbonyl (C=O) groups excluding carboxylic acids is 1. The van der Waals surface area contributed by atoms with E-state index in [-0.39, 0.29) is 5.91 Å². The van der Waals surface area contributed by atoms with Crippen LogP contribution >= 0.6 is 11.6 Å². The summed E-state index contributed by atoms with van der Waals surface area (Å²) in [5.41, 5.74) is 0.407. The molecule has 0 saturated heterocycles. The maximum atomic E-state index is 12.1. The van der Waals surface area contributed by atoms with Gasteiger partial charge in [-0.05, 0) is 30.3 Å². The quantitative estimate of drug-likeness (QED) is 0.834. The molecule has 0 aliphatic heterocycles. The Balaban J connectivity index is 1.86. The van der Waals surface area contributed by atoms with E-state index < -0.39 is 0 Å². The molecule has 0 aromatic heterocycles. The Labute approximate surface area is 128 Å². The van der Waals surface area contributed by atoms with Crippen molar-refractivity contribution in [2.24, 2.45) is 0 Å². The van der Waals surface area contributed by atoms with E-state index in [0.717, 1.165) is 5.75 Å². The van der Waals surface area contributed by atoms with Crippen LogP contribution in [-0.4, -0.2) is 26.2 Å². The fourth-order valence-electron chi connectivity index (χ4n) is 1.80. The number of methoxy groups -OCH3 is 1. The molecule has 2 aromatic carbocycles. The number of halogens is 1. The summed E-state index contributed by atoms with van der Waals surface area (Å²) in [7, 11) is 1.51. The summed E-state index contributed by atoms with van der Waals surface area (Å²) in [6, 6.07) is 14.3. The van der Waals surface area contributed by atoms with Gasteiger partial charge in [-0.2, -0.15) is 0 Å². The SMILES string of the molecule is COc1ccc(Cl)cc1C(=O)NCCOc1ccccc1. The van der Waals surface area contributed by atoms with E-state index in [9.17, 15) is 4.79 Å². The number of hydrogen-bond acceptors (Lipinski definition) is 3. The molecule has 0 spiro atoms. The molecular formula is C16H16ClNO3. The second-order valence-electron chi connectivity index (χ2n) is 4.26. The summed E-state index contributed by atoms with van der Waals surface area (Å²) in [6.07, 6.45) is 0. The Morgan fingerprint density at radius 1 is 1.19 bits per heavy atom. The van der Waals surface area contributed by atoms with Gasteiger partial charge in [-0.1, -0.05) is 29.8 Å². The highest BCUT2D eigenvalue weighted by Crippen LogP contribution is 2.22. The molecule has 21 heavy (non-hydrogen) atoms. The van der Waals surface area contributed by atoms with Crippen LogP contribution in [0.1, 0.15) is 10.4 Å². The number of carbonyl (C=O) groups is 1. The Morgan fingerprint density at radius 2 is 1.95 bits per heavy atom. The number of hydrogen-bond donors (Lipinski definition) is 1. The zero-order valence-electron chi connectivity index (χ0n) is 11.6. The average Bonchev–Trinajstić information content (AvgIpc) is 2.52. The molecule has 0 saturated carbocycles. The first kappa shape index (κ1) is 15.2. The van der Waals surface area contributed by atoms with Gasteiger partial charge in [-0.3, -0.25) is 4.79 Å². The minimum Gasteiger partial charge on any atom is -0.496 e. The average molecular weight is 306 g/mol. The van der Waals surface area contributed by atoms with E-state index in [2.05, 4.69) is 5.32 Å². The molecule has 4 nitrogen and oxygen atoms in total. The molecule has 0 unspecified atom stereocenters. The third kappa shape index (κ3) is 4.39. The third-order valence-corrected chi connectivity index (χ3v) is 3.04. The molecule has 0 bridgehead atoms. The first-order valence-corrected chi connectivity index (χ1v) is 6.88. The predicted molar refractivity (Wildman–Crippen MR) is 82.3 cm³/mol. The predicted octanol–water partition coefficient (Wildman–Crippen LogP) is 3.16. The van der Waals surface area contributed by atoms with Crippen molar-refractivity contribution < 1.29 is 14.3 Å². The van der Waals surface area contributed by atoms with Crippen LogP contribution in [0.25, 0.3) is 0 Å². The second-order valence-corrected chi connectivity index (χ2v) is 4.70. The van der Waals surface area contributed by atoms with E-state index in [4.69, 9.17) is 21.1 Å². The van der Waals surface area contributed by atoms with E-state index in [0.29, 0.717) is 29.5 Å². The van der Waals surface area contributed by atoms with Crippen LogP contribution in [0.4, 0.5) is 0 Å². The maximum absolute atomic E-state index is 12.1. The monoisotopic (exact) mass is 305 g/mol. The van der Waals surface area contributed by atoms with Crippen molar-refractivity contribution in [2.75, 3.05) is 20.3 Å². The van der Waals surface area contributed by atoms with Crippen LogP contribution in [0.3, 0.4) is 0 Å². The first-order valence-electron chi connectivity index (χ1n) is 6.50. The van der Waals surface area contributed by atoms with Crippen molar-refractivity contribution in [2.45, 2.75) is 0 Å². The molecule has 2 rings (SSSR count). The number of para-hydroxylation sites is 1. The van der Waals surface area contributed by atoms with E-state index in [1.807, 2.05) is 30.3 Å². The topological polar surface area (TPSA) is 47.6 Å². The smallest absolute Gasteiger partial charge is 0.255 e. The largest absolute Gasteiger partial charge is 0.496 e. The van der Waals surface area contributed by atoms with Gasteiger partial charge in [-0.15, -0.1) is 0 Å². The molecule has 0 fully saturated rings. The van der Waals surface area contributed by atoms with Crippen LogP contribution in [0, 0.1) is 0 Å². The van der Waals surface area contributed by atoms with Crippen LogP contribution in [0.2, 0.25) is 5.02 Å². The van der Waals surface area contributed by atoms with Crippen molar-refractivity contribution in [3.8, 4) is 11.5 Å². The van der Waals surface area contributed by atoms with Gasteiger partial charge < -0.3 is 14.8 Å². The van der Waals surface area contributed by atoms with Crippen molar-refractivity contribution in [3.63, 3.8) is 0 Å². The fourth-order valence-corrected chi connectivity index (χ4v) is 1.98. The van der Waals surface area contributed by atoms with E-state index in [1.54, 1.807) is 18.2 Å². The Morgan fingerprint density at radius 3 is 2.67 bits per heavy atom. The molecule has 1 amide bonds. The lowest BCUT2D eigenvalue weighted by molar-refractivity contribution is 0.0944. The van der Waals surface area contributed by atoms with Crippen molar-refractivity contribution in [3.05, 3.63) is 59.1 Å². The van der Waals surface area contributed by atoms with Crippen molar-refractivity contribution in [1.82, 2.24) is 5.32 Å². The summed E-state index contributed by atoms with van der Waals surface area (Å²) in [5, 5.41) is 3.26. The van der Waals surface area contributed by atoms with Gasteiger partial charge in [0.05, 0.1) is 19.2 Å². The van der Waals surface area contributed by atoms with Gasteiger partial charge in [0.2, 0.25) is 0 Å². The molecule has 2 aromatic rings. The van der Waals surface area contributed by atoms with Crippen molar-refractivity contribution in [1.29, 1.82) is 0 Å². The number of amides is 1. The lowest BCUT2D eigenvalue weighted by Crippen LogP contribution is -2.28. The summed E-state index contributed by atoms with van der Waals surface area (Å²) in [5.74, 6) is 1.01. The lowest BCUT2D eigenvalue weighted by Gasteiger charge is -2.10. The maximum Gasteiger partial charge on any atom is 0.255 e. The van der Waals surface area contributed by atoms with Crippen molar-refractivity contribution >= 4 is 17.5 Å². The third-order valence-electron chi connectivity index (χ3n) is 2.81. The summed E-state index contributed by atoms with van der Waals surface area (Å²) >= 11 is 5.90. The minimum absolute atomic E-state index is 0.244. The van der Waals surface area contributed by atoms with Gasteiger partial charge in [0.15, 0.2) is 0 Å². The normalized spacial score (nSPS) is 10.0. The molecule has 1 N–H and O–H groups in total. The number of rotatable bonds is 6. The second kappa shape index (κ2) is 7.55. The Bertz CT molecular complexity index is 602. The highest BCUT2D eigenvalue weighted by atomic mass is 35.5. The Kier molecular flexibility index (Phi) is 5.46. The molecule has 0 heterocycles. The minimum atomic E-state index is -0.244. The van der Waals surface area contributed by atoms with Gasteiger partial charge in [0.25, 0.3) is 5.91 Å². The summed E-state index contributed by atoms with van der Waals surface area (Å²) < 4.78 is 10.6. The zero-order valence-corrected chi connectivity index (χ0v) is 12.4. The number of nitrogens with one attached hydrogen (secondary N) is 1. The highest BCUT2D eigenvalue weighted by molar-refractivity contribution is 6.31. The molecule has 0 aliphatic carbocycles. The van der Waals surface area contributed by atoms with E-state index >= 15 is 0 Å². The summed E-state index contributed by atoms with van der Waals surface area (Å²) in [6.45, 7) is 0.780. The molecule has 5 heteroatoms.